The van der Waals surface area contributed by atoms with Crippen LogP contribution < -0.4 is 0 Å². The van der Waals surface area contributed by atoms with E-state index in [0.717, 1.165) is 11.3 Å². The molecular formula is C8H14O2. The average molecular weight is 142 g/mol. The quantitative estimate of drug-likeness (QED) is 0.477. The Morgan fingerprint density at radius 2 is 2.20 bits per heavy atom. The van der Waals surface area contributed by atoms with Crippen LogP contribution in [-0.2, 0) is 4.74 Å². The zero-order valence-electron chi connectivity index (χ0n) is 6.72. The molecule has 0 saturated carbocycles. The summed E-state index contributed by atoms with van der Waals surface area (Å²) in [5, 5.41) is 8.69. The third-order valence-electron chi connectivity index (χ3n) is 1.20. The van der Waals surface area contributed by atoms with Gasteiger partial charge in [-0.2, -0.15) is 0 Å². The third-order valence-corrected chi connectivity index (χ3v) is 1.20. The van der Waals surface area contributed by atoms with Gasteiger partial charge < -0.3 is 9.84 Å². The van der Waals surface area contributed by atoms with Gasteiger partial charge in [-0.15, -0.1) is 0 Å². The Hall–Kier alpha value is -0.760. The van der Waals surface area contributed by atoms with E-state index in [1.807, 2.05) is 26.0 Å². The summed E-state index contributed by atoms with van der Waals surface area (Å²) >= 11 is 0. The zero-order valence-corrected chi connectivity index (χ0v) is 6.72. The molecule has 0 aromatic carbocycles. The maximum absolute atomic E-state index is 8.69. The fourth-order valence-electron chi connectivity index (χ4n) is 0.614. The van der Waals surface area contributed by atoms with Gasteiger partial charge in [-0.25, -0.2) is 0 Å². The van der Waals surface area contributed by atoms with Crippen LogP contribution >= 0.6 is 0 Å². The number of methoxy groups -OCH3 is 1. The van der Waals surface area contributed by atoms with E-state index in [1.165, 1.54) is 0 Å². The number of allylic oxidation sites excluding steroid dienone is 2. The highest BCUT2D eigenvalue weighted by molar-refractivity contribution is 5.18. The van der Waals surface area contributed by atoms with Crippen molar-refractivity contribution in [3.8, 4) is 0 Å². The first-order valence-electron chi connectivity index (χ1n) is 3.23. The first-order chi connectivity index (χ1) is 4.76. The normalized spacial score (nSPS) is 13.6. The molecule has 0 amide bonds. The molecule has 0 heterocycles. The lowest BCUT2D eigenvalue weighted by molar-refractivity contribution is 0.280. The lowest BCUT2D eigenvalue weighted by Crippen LogP contribution is -1.92. The maximum Gasteiger partial charge on any atom is 0.119 e. The van der Waals surface area contributed by atoms with E-state index in [2.05, 4.69) is 0 Å². The molecule has 2 nitrogen and oxygen atoms in total. The molecule has 0 rings (SSSR count). The van der Waals surface area contributed by atoms with Crippen molar-refractivity contribution in [3.63, 3.8) is 0 Å². The molecule has 0 aliphatic rings. The van der Waals surface area contributed by atoms with E-state index < -0.39 is 0 Å². The number of hydrogen-bond acceptors (Lipinski definition) is 2. The lowest BCUT2D eigenvalue weighted by atomic mass is 10.2. The number of ether oxygens (including phenoxy) is 1. The Bertz CT molecular complexity index is 145. The van der Waals surface area contributed by atoms with Crippen LogP contribution in [0.4, 0.5) is 0 Å². The molecule has 58 valence electrons. The summed E-state index contributed by atoms with van der Waals surface area (Å²) in [6.45, 7) is 3.79. The summed E-state index contributed by atoms with van der Waals surface area (Å²) in [6.07, 6.45) is 3.70. The van der Waals surface area contributed by atoms with Crippen LogP contribution in [0.1, 0.15) is 13.8 Å². The maximum atomic E-state index is 8.69. The summed E-state index contributed by atoms with van der Waals surface area (Å²) in [5.74, 6) is 0.741. The monoisotopic (exact) mass is 142 g/mol. The number of hydrogen-bond donors (Lipinski definition) is 1. The van der Waals surface area contributed by atoms with Crippen molar-refractivity contribution in [2.75, 3.05) is 13.7 Å². The second-order valence-electron chi connectivity index (χ2n) is 2.01. The highest BCUT2D eigenvalue weighted by Gasteiger charge is 1.94. The Morgan fingerprint density at radius 3 is 2.50 bits per heavy atom. The van der Waals surface area contributed by atoms with Crippen LogP contribution in [0.5, 0.6) is 0 Å². The van der Waals surface area contributed by atoms with Crippen molar-refractivity contribution < 1.29 is 9.84 Å². The average Bonchev–Trinajstić information content (AvgIpc) is 1.99. The second-order valence-corrected chi connectivity index (χ2v) is 2.01. The summed E-state index contributed by atoms with van der Waals surface area (Å²) < 4.78 is 4.98. The number of aliphatic hydroxyl groups is 1. The Kier molecular flexibility index (Phi) is 4.67. The molecule has 0 aromatic rings. The van der Waals surface area contributed by atoms with Crippen LogP contribution in [0.2, 0.25) is 0 Å². The molecule has 10 heavy (non-hydrogen) atoms. The van der Waals surface area contributed by atoms with Gasteiger partial charge in [-0.3, -0.25) is 0 Å². The molecule has 0 aliphatic carbocycles. The number of aliphatic hydroxyl groups excluding tert-OH is 1. The van der Waals surface area contributed by atoms with Gasteiger partial charge in [0, 0.05) is 0 Å². The topological polar surface area (TPSA) is 29.5 Å². The van der Waals surface area contributed by atoms with Gasteiger partial charge in [0.2, 0.25) is 0 Å². The van der Waals surface area contributed by atoms with E-state index in [-0.39, 0.29) is 6.61 Å². The first kappa shape index (κ1) is 9.24. The Morgan fingerprint density at radius 1 is 1.60 bits per heavy atom. The molecule has 0 aromatic heterocycles. The van der Waals surface area contributed by atoms with E-state index in [9.17, 15) is 0 Å². The largest absolute Gasteiger partial charge is 0.497 e. The van der Waals surface area contributed by atoms with Crippen molar-refractivity contribution in [2.24, 2.45) is 0 Å². The molecule has 0 radical (unpaired) electrons. The molecule has 2 heteroatoms. The molecule has 0 saturated heterocycles. The van der Waals surface area contributed by atoms with Crippen molar-refractivity contribution in [2.45, 2.75) is 13.8 Å². The molecule has 0 fully saturated rings. The van der Waals surface area contributed by atoms with E-state index in [4.69, 9.17) is 9.84 Å². The van der Waals surface area contributed by atoms with Gasteiger partial charge in [-0.1, -0.05) is 6.08 Å². The molecule has 0 aliphatic heterocycles. The predicted octanol–water partition coefficient (Wildman–Crippen LogP) is 1.48. The van der Waals surface area contributed by atoms with Crippen LogP contribution in [0.25, 0.3) is 0 Å². The van der Waals surface area contributed by atoms with Gasteiger partial charge in [0.05, 0.1) is 13.7 Å². The SMILES string of the molecule is CC=CC(OC)=C(C)CO. The summed E-state index contributed by atoms with van der Waals surface area (Å²) in [4.78, 5) is 0. The lowest BCUT2D eigenvalue weighted by Gasteiger charge is -2.03. The standard InChI is InChI=1S/C8H14O2/c1-4-5-8(10-3)7(2)6-9/h4-5,9H,6H2,1-3H3. The smallest absolute Gasteiger partial charge is 0.119 e. The predicted molar refractivity (Wildman–Crippen MR) is 41.6 cm³/mol. The first-order valence-corrected chi connectivity index (χ1v) is 3.23. The zero-order chi connectivity index (χ0) is 7.98. The van der Waals surface area contributed by atoms with Crippen molar-refractivity contribution in [1.82, 2.24) is 0 Å². The van der Waals surface area contributed by atoms with Crippen LogP contribution in [0.15, 0.2) is 23.5 Å². The molecule has 1 N–H and O–H groups in total. The minimum atomic E-state index is 0.0491. The van der Waals surface area contributed by atoms with Crippen LogP contribution in [0, 0.1) is 0 Å². The Balaban J connectivity index is 4.29. The highest BCUT2D eigenvalue weighted by Crippen LogP contribution is 2.04. The summed E-state index contributed by atoms with van der Waals surface area (Å²) in [5.41, 5.74) is 0.848. The minimum Gasteiger partial charge on any atom is -0.497 e. The fourth-order valence-corrected chi connectivity index (χ4v) is 0.614. The van der Waals surface area contributed by atoms with Crippen LogP contribution in [-0.4, -0.2) is 18.8 Å². The van der Waals surface area contributed by atoms with Gasteiger partial charge in [0.1, 0.15) is 5.76 Å². The van der Waals surface area contributed by atoms with Gasteiger partial charge >= 0.3 is 0 Å². The van der Waals surface area contributed by atoms with Gasteiger partial charge in [0.15, 0.2) is 0 Å². The molecule has 0 spiro atoms. The van der Waals surface area contributed by atoms with E-state index in [1.54, 1.807) is 7.11 Å². The van der Waals surface area contributed by atoms with E-state index >= 15 is 0 Å². The Labute approximate surface area is 61.8 Å². The van der Waals surface area contributed by atoms with E-state index in [0.29, 0.717) is 0 Å². The molecule has 0 unspecified atom stereocenters. The summed E-state index contributed by atoms with van der Waals surface area (Å²) in [6, 6.07) is 0. The van der Waals surface area contributed by atoms with Crippen molar-refractivity contribution in [3.05, 3.63) is 23.5 Å². The highest BCUT2D eigenvalue weighted by atomic mass is 16.5. The molecule has 0 atom stereocenters. The minimum absolute atomic E-state index is 0.0491. The number of rotatable bonds is 3. The van der Waals surface area contributed by atoms with Gasteiger partial charge in [-0.05, 0) is 25.5 Å². The third kappa shape index (κ3) is 2.69. The van der Waals surface area contributed by atoms with Gasteiger partial charge in [0.25, 0.3) is 0 Å². The molecular weight excluding hydrogens is 128 g/mol. The molecule has 0 bridgehead atoms. The second kappa shape index (κ2) is 5.06. The fraction of sp³-hybridized carbons (Fsp3) is 0.500. The van der Waals surface area contributed by atoms with Crippen molar-refractivity contribution >= 4 is 0 Å². The van der Waals surface area contributed by atoms with Crippen LogP contribution in [0.3, 0.4) is 0 Å². The summed E-state index contributed by atoms with van der Waals surface area (Å²) in [7, 11) is 1.59. The van der Waals surface area contributed by atoms with Crippen molar-refractivity contribution in [1.29, 1.82) is 0 Å².